The first-order valence-electron chi connectivity index (χ1n) is 9.86. The number of benzene rings is 3. The molecule has 0 aliphatic carbocycles. The summed E-state index contributed by atoms with van der Waals surface area (Å²) >= 11 is 0. The third-order valence-electron chi connectivity index (χ3n) is 5.30. The van der Waals surface area contributed by atoms with E-state index in [2.05, 4.69) is 10.3 Å². The largest absolute Gasteiger partial charge is 0.497 e. The smallest absolute Gasteiger partial charge is 0.221 e. The van der Waals surface area contributed by atoms with Gasteiger partial charge in [-0.25, -0.2) is 4.39 Å². The van der Waals surface area contributed by atoms with Crippen LogP contribution in [0.15, 0.2) is 79.0 Å². The predicted molar refractivity (Wildman–Crippen MR) is 116 cm³/mol. The molecular weight excluding hydrogens is 379 g/mol. The number of hydrogen-bond acceptors (Lipinski definition) is 2. The van der Waals surface area contributed by atoms with E-state index in [0.717, 1.165) is 22.0 Å². The van der Waals surface area contributed by atoms with Crippen LogP contribution in [-0.2, 0) is 11.3 Å². The fourth-order valence-corrected chi connectivity index (χ4v) is 3.74. The van der Waals surface area contributed by atoms with E-state index in [-0.39, 0.29) is 18.1 Å². The lowest BCUT2D eigenvalue weighted by atomic mass is 9.87. The van der Waals surface area contributed by atoms with Gasteiger partial charge in [0.25, 0.3) is 0 Å². The van der Waals surface area contributed by atoms with Crippen molar-refractivity contribution >= 4 is 16.8 Å². The number of rotatable bonds is 7. The first-order valence-corrected chi connectivity index (χ1v) is 9.86. The number of amides is 1. The number of hydrogen-bond donors (Lipinski definition) is 2. The minimum absolute atomic E-state index is 0.135. The lowest BCUT2D eigenvalue weighted by molar-refractivity contribution is -0.121. The molecule has 0 saturated carbocycles. The van der Waals surface area contributed by atoms with Crippen LogP contribution in [0.3, 0.4) is 0 Å². The second-order valence-electron chi connectivity index (χ2n) is 7.20. The monoisotopic (exact) mass is 402 g/mol. The average Bonchev–Trinajstić information content (AvgIpc) is 3.20. The van der Waals surface area contributed by atoms with Crippen molar-refractivity contribution in [1.29, 1.82) is 0 Å². The number of methoxy groups -OCH3 is 1. The molecule has 0 aliphatic rings. The van der Waals surface area contributed by atoms with Crippen molar-refractivity contribution in [3.05, 3.63) is 102 Å². The number of carbonyl (C=O) groups excluding carboxylic acids is 1. The minimum Gasteiger partial charge on any atom is -0.497 e. The number of ether oxygens (including phenoxy) is 1. The van der Waals surface area contributed by atoms with Gasteiger partial charge in [0.05, 0.1) is 7.11 Å². The summed E-state index contributed by atoms with van der Waals surface area (Å²) in [6.07, 6.45) is 1.99. The van der Waals surface area contributed by atoms with Crippen LogP contribution in [0.2, 0.25) is 0 Å². The van der Waals surface area contributed by atoms with Crippen LogP contribution in [0.25, 0.3) is 10.9 Å². The summed E-state index contributed by atoms with van der Waals surface area (Å²) in [6, 6.07) is 22.0. The fraction of sp³-hybridized carbons (Fsp3) is 0.160. The van der Waals surface area contributed by atoms with Crippen LogP contribution < -0.4 is 10.1 Å². The standard InChI is InChI=1S/C25H23FN2O2/c1-30-18-11-12-24-21(13-18)22(16-27-24)20(19-9-5-6-10-23(19)26)14-25(29)28-15-17-7-3-2-4-8-17/h2-13,16,20,27H,14-15H2,1H3,(H,28,29)/t20-/m1/s1. The Morgan fingerprint density at radius 2 is 1.80 bits per heavy atom. The van der Waals surface area contributed by atoms with E-state index in [1.165, 1.54) is 6.07 Å². The van der Waals surface area contributed by atoms with Crippen LogP contribution in [0.4, 0.5) is 4.39 Å². The molecule has 3 aromatic carbocycles. The van der Waals surface area contributed by atoms with Crippen molar-refractivity contribution in [2.24, 2.45) is 0 Å². The van der Waals surface area contributed by atoms with Crippen LogP contribution in [0, 0.1) is 5.82 Å². The van der Waals surface area contributed by atoms with Crippen molar-refractivity contribution < 1.29 is 13.9 Å². The van der Waals surface area contributed by atoms with Crippen molar-refractivity contribution in [1.82, 2.24) is 10.3 Å². The van der Waals surface area contributed by atoms with E-state index in [1.807, 2.05) is 54.7 Å². The van der Waals surface area contributed by atoms with E-state index in [9.17, 15) is 9.18 Å². The molecule has 0 spiro atoms. The topological polar surface area (TPSA) is 54.1 Å². The van der Waals surface area contributed by atoms with Gasteiger partial charge in [-0.15, -0.1) is 0 Å². The summed E-state index contributed by atoms with van der Waals surface area (Å²) < 4.78 is 20.1. The highest BCUT2D eigenvalue weighted by Gasteiger charge is 2.24. The molecule has 0 unspecified atom stereocenters. The zero-order valence-electron chi connectivity index (χ0n) is 16.7. The molecule has 0 fully saturated rings. The molecule has 0 saturated heterocycles. The second kappa shape index (κ2) is 8.82. The Kier molecular flexibility index (Phi) is 5.80. The zero-order valence-corrected chi connectivity index (χ0v) is 16.7. The number of aromatic nitrogens is 1. The molecular formula is C25H23FN2O2. The summed E-state index contributed by atoms with van der Waals surface area (Å²) in [4.78, 5) is 16.0. The van der Waals surface area contributed by atoms with Gasteiger partial charge < -0.3 is 15.0 Å². The second-order valence-corrected chi connectivity index (χ2v) is 7.20. The van der Waals surface area contributed by atoms with Crippen LogP contribution in [0.1, 0.15) is 29.0 Å². The van der Waals surface area contributed by atoms with Gasteiger partial charge in [0, 0.05) is 36.0 Å². The predicted octanol–water partition coefficient (Wildman–Crippen LogP) is 5.15. The van der Waals surface area contributed by atoms with E-state index >= 15 is 0 Å². The Morgan fingerprint density at radius 1 is 1.03 bits per heavy atom. The molecule has 0 radical (unpaired) electrons. The van der Waals surface area contributed by atoms with Crippen LogP contribution >= 0.6 is 0 Å². The Labute approximate surface area is 174 Å². The fourth-order valence-electron chi connectivity index (χ4n) is 3.74. The maximum absolute atomic E-state index is 14.7. The molecule has 1 atom stereocenters. The molecule has 2 N–H and O–H groups in total. The summed E-state index contributed by atoms with van der Waals surface area (Å²) in [5.41, 5.74) is 3.29. The summed E-state index contributed by atoms with van der Waals surface area (Å²) in [5, 5.41) is 3.87. The number of H-pyrrole nitrogens is 1. The van der Waals surface area contributed by atoms with Gasteiger partial charge in [-0.3, -0.25) is 4.79 Å². The Balaban J connectivity index is 1.66. The Morgan fingerprint density at radius 3 is 2.57 bits per heavy atom. The molecule has 1 heterocycles. The van der Waals surface area contributed by atoms with Gasteiger partial charge >= 0.3 is 0 Å². The number of halogens is 1. The molecule has 4 aromatic rings. The normalized spacial score (nSPS) is 11.9. The maximum atomic E-state index is 14.7. The highest BCUT2D eigenvalue weighted by Crippen LogP contribution is 2.36. The molecule has 5 heteroatoms. The molecule has 1 amide bonds. The van der Waals surface area contributed by atoms with Gasteiger partial charge in [-0.05, 0) is 41.0 Å². The van der Waals surface area contributed by atoms with Crippen LogP contribution in [0.5, 0.6) is 5.75 Å². The number of nitrogens with one attached hydrogen (secondary N) is 2. The van der Waals surface area contributed by atoms with Gasteiger partial charge in [-0.1, -0.05) is 48.5 Å². The maximum Gasteiger partial charge on any atom is 0.221 e. The van der Waals surface area contributed by atoms with Gasteiger partial charge in [0.1, 0.15) is 11.6 Å². The highest BCUT2D eigenvalue weighted by molar-refractivity contribution is 5.87. The first kappa shape index (κ1) is 19.7. The van der Waals surface area contributed by atoms with Crippen LogP contribution in [-0.4, -0.2) is 18.0 Å². The molecule has 4 rings (SSSR count). The summed E-state index contributed by atoms with van der Waals surface area (Å²) in [5.74, 6) is -0.174. The number of fused-ring (bicyclic) bond motifs is 1. The third kappa shape index (κ3) is 4.20. The van der Waals surface area contributed by atoms with E-state index in [4.69, 9.17) is 4.74 Å². The van der Waals surface area contributed by atoms with E-state index < -0.39 is 5.92 Å². The SMILES string of the molecule is COc1ccc2[nH]cc([C@H](CC(=O)NCc3ccccc3)c3ccccc3F)c2c1. The minimum atomic E-state index is -0.428. The van der Waals surface area contributed by atoms with Crippen molar-refractivity contribution in [3.8, 4) is 5.75 Å². The molecule has 0 aliphatic heterocycles. The molecule has 30 heavy (non-hydrogen) atoms. The highest BCUT2D eigenvalue weighted by atomic mass is 19.1. The molecule has 1 aromatic heterocycles. The third-order valence-corrected chi connectivity index (χ3v) is 5.30. The average molecular weight is 402 g/mol. The summed E-state index contributed by atoms with van der Waals surface area (Å²) in [7, 11) is 1.61. The van der Waals surface area contributed by atoms with Gasteiger partial charge in [0.15, 0.2) is 0 Å². The van der Waals surface area contributed by atoms with Gasteiger partial charge in [0.2, 0.25) is 5.91 Å². The zero-order chi connectivity index (χ0) is 20.9. The lowest BCUT2D eigenvalue weighted by Crippen LogP contribution is -2.25. The molecule has 4 nitrogen and oxygen atoms in total. The quantitative estimate of drug-likeness (QED) is 0.449. The first-order chi connectivity index (χ1) is 14.7. The van der Waals surface area contributed by atoms with Gasteiger partial charge in [-0.2, -0.15) is 0 Å². The van der Waals surface area contributed by atoms with E-state index in [1.54, 1.807) is 25.3 Å². The lowest BCUT2D eigenvalue weighted by Gasteiger charge is -2.18. The Bertz CT molecular complexity index is 1150. The molecule has 0 bridgehead atoms. The van der Waals surface area contributed by atoms with Crippen molar-refractivity contribution in [3.63, 3.8) is 0 Å². The number of aromatic amines is 1. The van der Waals surface area contributed by atoms with Crippen molar-refractivity contribution in [2.45, 2.75) is 18.9 Å². The molecule has 152 valence electrons. The van der Waals surface area contributed by atoms with E-state index in [0.29, 0.717) is 17.9 Å². The van der Waals surface area contributed by atoms with Crippen molar-refractivity contribution in [2.75, 3.05) is 7.11 Å². The Hall–Kier alpha value is -3.60. The summed E-state index contributed by atoms with van der Waals surface area (Å²) in [6.45, 7) is 0.436. The number of carbonyl (C=O) groups is 1.